The molecule has 0 amide bonds. The standard InChI is InChI=1S/C23H13ClF2N4O4S2/c24-16-7-21(36(31,32)30-23-11-35-12-29-23)17(25)8-19(16)34-20-9-28-18(13-1-3-27-22(26)5-13)6-15(20)14-2-4-33-10-14/h1-12,30H. The molecule has 0 spiro atoms. The Balaban J connectivity index is 1.51. The third kappa shape index (κ3) is 4.91. The lowest BCUT2D eigenvalue weighted by molar-refractivity contribution is 0.473. The second-order valence-corrected chi connectivity index (χ2v) is 10.0. The van der Waals surface area contributed by atoms with E-state index in [9.17, 15) is 17.2 Å². The number of aromatic nitrogens is 3. The van der Waals surface area contributed by atoms with E-state index in [-0.39, 0.29) is 22.3 Å². The van der Waals surface area contributed by atoms with E-state index in [0.717, 1.165) is 12.1 Å². The molecule has 4 aromatic heterocycles. The van der Waals surface area contributed by atoms with Crippen molar-refractivity contribution in [1.29, 1.82) is 0 Å². The number of anilines is 1. The number of benzene rings is 1. The molecule has 0 unspecified atom stereocenters. The Morgan fingerprint density at radius 1 is 1.03 bits per heavy atom. The van der Waals surface area contributed by atoms with Crippen LogP contribution in [0.15, 0.2) is 81.5 Å². The van der Waals surface area contributed by atoms with E-state index >= 15 is 0 Å². The molecular formula is C23H13ClF2N4O4S2. The maximum absolute atomic E-state index is 14.9. The van der Waals surface area contributed by atoms with Crippen molar-refractivity contribution >= 4 is 38.8 Å². The number of rotatable bonds is 7. The van der Waals surface area contributed by atoms with Crippen molar-refractivity contribution in [2.24, 2.45) is 0 Å². The molecule has 1 aromatic carbocycles. The van der Waals surface area contributed by atoms with Crippen molar-refractivity contribution in [3.8, 4) is 33.9 Å². The van der Waals surface area contributed by atoms with Crippen LogP contribution < -0.4 is 9.46 Å². The third-order valence-corrected chi connectivity index (χ3v) is 7.14. The highest BCUT2D eigenvalue weighted by molar-refractivity contribution is 7.92. The van der Waals surface area contributed by atoms with Gasteiger partial charge in [0.15, 0.2) is 11.6 Å². The zero-order valence-corrected chi connectivity index (χ0v) is 20.2. The van der Waals surface area contributed by atoms with Crippen LogP contribution in [-0.2, 0) is 10.0 Å². The van der Waals surface area contributed by atoms with E-state index in [4.69, 9.17) is 20.8 Å². The second-order valence-electron chi connectivity index (χ2n) is 7.24. The Bertz CT molecular complexity index is 1650. The molecule has 182 valence electrons. The summed E-state index contributed by atoms with van der Waals surface area (Å²) in [7, 11) is -4.29. The van der Waals surface area contributed by atoms with E-state index in [1.807, 2.05) is 0 Å². The molecule has 8 nitrogen and oxygen atoms in total. The van der Waals surface area contributed by atoms with Gasteiger partial charge in [-0.3, -0.25) is 9.71 Å². The Morgan fingerprint density at radius 2 is 1.89 bits per heavy atom. The van der Waals surface area contributed by atoms with Gasteiger partial charge in [-0.1, -0.05) is 11.6 Å². The van der Waals surface area contributed by atoms with Gasteiger partial charge in [-0.25, -0.2) is 22.8 Å². The lowest BCUT2D eigenvalue weighted by Crippen LogP contribution is -2.15. The monoisotopic (exact) mass is 546 g/mol. The minimum absolute atomic E-state index is 0.0563. The molecule has 0 atom stereocenters. The van der Waals surface area contributed by atoms with Crippen molar-refractivity contribution in [2.75, 3.05) is 4.72 Å². The summed E-state index contributed by atoms with van der Waals surface area (Å²) in [5.74, 6) is -1.66. The predicted octanol–water partition coefficient (Wildman–Crippen LogP) is 6.38. The Labute approximate surface area is 212 Å². The molecule has 13 heteroatoms. The summed E-state index contributed by atoms with van der Waals surface area (Å²) in [6.45, 7) is 0. The van der Waals surface area contributed by atoms with Crippen molar-refractivity contribution in [3.63, 3.8) is 0 Å². The number of ether oxygens (including phenoxy) is 1. The molecule has 1 N–H and O–H groups in total. The van der Waals surface area contributed by atoms with Crippen LogP contribution in [0.3, 0.4) is 0 Å². The molecule has 5 rings (SSSR count). The molecular weight excluding hydrogens is 534 g/mol. The summed E-state index contributed by atoms with van der Waals surface area (Å²) in [5.41, 5.74) is 3.42. The first-order valence-corrected chi connectivity index (χ1v) is 12.8. The van der Waals surface area contributed by atoms with Crippen LogP contribution in [0.2, 0.25) is 5.02 Å². The Kier molecular flexibility index (Phi) is 6.39. The number of nitrogens with one attached hydrogen (secondary N) is 1. The smallest absolute Gasteiger partial charge is 0.266 e. The number of thiazole rings is 1. The molecule has 4 heterocycles. The number of nitrogens with zero attached hydrogens (tertiary/aromatic N) is 3. The summed E-state index contributed by atoms with van der Waals surface area (Å²) < 4.78 is 66.9. The minimum atomic E-state index is -4.29. The van der Waals surface area contributed by atoms with E-state index in [1.165, 1.54) is 53.2 Å². The van der Waals surface area contributed by atoms with Gasteiger partial charge in [0.25, 0.3) is 10.0 Å². The lowest BCUT2D eigenvalue weighted by atomic mass is 10.1. The zero-order chi connectivity index (χ0) is 25.3. The van der Waals surface area contributed by atoms with Gasteiger partial charge in [0.1, 0.15) is 16.5 Å². The average Bonchev–Trinajstić information content (AvgIpc) is 3.56. The van der Waals surface area contributed by atoms with Gasteiger partial charge >= 0.3 is 0 Å². The van der Waals surface area contributed by atoms with Crippen LogP contribution in [-0.4, -0.2) is 23.4 Å². The average molecular weight is 547 g/mol. The van der Waals surface area contributed by atoms with Crippen molar-refractivity contribution in [2.45, 2.75) is 4.90 Å². The fraction of sp³-hybridized carbons (Fsp3) is 0. The first kappa shape index (κ1) is 23.9. The highest BCUT2D eigenvalue weighted by atomic mass is 35.5. The van der Waals surface area contributed by atoms with Gasteiger partial charge in [0.05, 0.1) is 35.0 Å². The van der Waals surface area contributed by atoms with Gasteiger partial charge in [0, 0.05) is 40.4 Å². The Hall–Kier alpha value is -3.87. The number of pyridine rings is 2. The summed E-state index contributed by atoms with van der Waals surface area (Å²) in [5, 5.41) is 1.30. The fourth-order valence-electron chi connectivity index (χ4n) is 3.26. The molecule has 0 saturated carbocycles. The number of halogens is 3. The highest BCUT2D eigenvalue weighted by Crippen LogP contribution is 2.39. The number of sulfonamides is 1. The summed E-state index contributed by atoms with van der Waals surface area (Å²) in [6, 6.07) is 7.93. The van der Waals surface area contributed by atoms with Crippen molar-refractivity contribution in [1.82, 2.24) is 15.0 Å². The first-order valence-electron chi connectivity index (χ1n) is 10.0. The first-order chi connectivity index (χ1) is 17.3. The molecule has 0 aliphatic heterocycles. The van der Waals surface area contributed by atoms with Crippen LogP contribution in [0.1, 0.15) is 0 Å². The maximum atomic E-state index is 14.9. The number of hydrogen-bond acceptors (Lipinski definition) is 8. The van der Waals surface area contributed by atoms with Crippen LogP contribution >= 0.6 is 22.9 Å². The quantitative estimate of drug-likeness (QED) is 0.236. The molecule has 0 fully saturated rings. The number of hydrogen-bond donors (Lipinski definition) is 1. The molecule has 0 bridgehead atoms. The SMILES string of the molecule is O=S(=O)(Nc1cscn1)c1cc(Cl)c(Oc2cnc(-c3ccnc(F)c3)cc2-c2ccoc2)cc1F. The molecule has 0 radical (unpaired) electrons. The molecule has 5 aromatic rings. The van der Waals surface area contributed by atoms with Gasteiger partial charge < -0.3 is 9.15 Å². The molecule has 36 heavy (non-hydrogen) atoms. The van der Waals surface area contributed by atoms with Crippen LogP contribution in [0.5, 0.6) is 11.5 Å². The minimum Gasteiger partial charge on any atom is -0.472 e. The van der Waals surface area contributed by atoms with Crippen molar-refractivity contribution in [3.05, 3.63) is 89.0 Å². The molecule has 0 aliphatic carbocycles. The van der Waals surface area contributed by atoms with E-state index in [1.54, 1.807) is 18.2 Å². The maximum Gasteiger partial charge on any atom is 0.266 e. The summed E-state index contributed by atoms with van der Waals surface area (Å²) >= 11 is 7.45. The normalized spacial score (nSPS) is 11.4. The van der Waals surface area contributed by atoms with Crippen molar-refractivity contribution < 1.29 is 26.4 Å². The lowest BCUT2D eigenvalue weighted by Gasteiger charge is -2.14. The van der Waals surface area contributed by atoms with Crippen LogP contribution in [0, 0.1) is 11.8 Å². The van der Waals surface area contributed by atoms with Gasteiger partial charge in [0.2, 0.25) is 5.95 Å². The third-order valence-electron chi connectivity index (χ3n) is 4.89. The number of furan rings is 1. The van der Waals surface area contributed by atoms with Gasteiger partial charge in [-0.2, -0.15) is 4.39 Å². The predicted molar refractivity (Wildman–Crippen MR) is 130 cm³/mol. The fourth-order valence-corrected chi connectivity index (χ4v) is 5.17. The van der Waals surface area contributed by atoms with Gasteiger partial charge in [-0.15, -0.1) is 11.3 Å². The zero-order valence-electron chi connectivity index (χ0n) is 17.9. The second kappa shape index (κ2) is 9.64. The van der Waals surface area contributed by atoms with Crippen LogP contribution in [0.25, 0.3) is 22.4 Å². The van der Waals surface area contributed by atoms with E-state index < -0.39 is 26.7 Å². The van der Waals surface area contributed by atoms with Crippen LogP contribution in [0.4, 0.5) is 14.6 Å². The largest absolute Gasteiger partial charge is 0.472 e. The highest BCUT2D eigenvalue weighted by Gasteiger charge is 2.24. The van der Waals surface area contributed by atoms with E-state index in [2.05, 4.69) is 19.7 Å². The van der Waals surface area contributed by atoms with Gasteiger partial charge in [-0.05, 0) is 24.3 Å². The van der Waals surface area contributed by atoms with E-state index in [0.29, 0.717) is 22.4 Å². The summed E-state index contributed by atoms with van der Waals surface area (Å²) in [4.78, 5) is 11.0. The molecule has 0 aliphatic rings. The Morgan fingerprint density at radius 3 is 2.61 bits per heavy atom. The molecule has 0 saturated heterocycles. The topological polar surface area (TPSA) is 107 Å². The summed E-state index contributed by atoms with van der Waals surface area (Å²) in [6.07, 6.45) is 5.59.